The standard InChI is InChI=1S/C16H23N3O3/c1-11-6-12(2)9-18(8-11)10-16(20)17-15-7-14(19(21)22)5-4-13(15)3/h4-5,7,11-12H,6,8-10H2,1-3H3,(H,17,20)/t11-,12-/m1/s1. The van der Waals surface area contributed by atoms with Gasteiger partial charge in [-0.3, -0.25) is 19.8 Å². The molecule has 1 N–H and O–H groups in total. The summed E-state index contributed by atoms with van der Waals surface area (Å²) in [5, 5.41) is 13.6. The van der Waals surface area contributed by atoms with E-state index < -0.39 is 4.92 Å². The Morgan fingerprint density at radius 2 is 2.00 bits per heavy atom. The first-order valence-corrected chi connectivity index (χ1v) is 7.62. The number of nitro benzene ring substituents is 1. The third kappa shape index (κ3) is 4.27. The molecule has 0 spiro atoms. The monoisotopic (exact) mass is 305 g/mol. The maximum atomic E-state index is 12.2. The highest BCUT2D eigenvalue weighted by atomic mass is 16.6. The van der Waals surface area contributed by atoms with Crippen molar-refractivity contribution in [3.8, 4) is 0 Å². The summed E-state index contributed by atoms with van der Waals surface area (Å²) in [7, 11) is 0. The van der Waals surface area contributed by atoms with Crippen LogP contribution in [0.15, 0.2) is 18.2 Å². The van der Waals surface area contributed by atoms with Gasteiger partial charge in [0.1, 0.15) is 0 Å². The first-order chi connectivity index (χ1) is 10.3. The summed E-state index contributed by atoms with van der Waals surface area (Å²) in [6.45, 7) is 8.40. The largest absolute Gasteiger partial charge is 0.324 e. The number of anilines is 1. The van der Waals surface area contributed by atoms with Crippen molar-refractivity contribution in [2.24, 2.45) is 11.8 Å². The zero-order valence-corrected chi connectivity index (χ0v) is 13.3. The zero-order chi connectivity index (χ0) is 16.3. The van der Waals surface area contributed by atoms with Gasteiger partial charge < -0.3 is 5.32 Å². The van der Waals surface area contributed by atoms with Crippen LogP contribution >= 0.6 is 0 Å². The number of aryl methyl sites for hydroxylation is 1. The summed E-state index contributed by atoms with van der Waals surface area (Å²) < 4.78 is 0. The molecule has 6 nitrogen and oxygen atoms in total. The smallest absolute Gasteiger partial charge is 0.271 e. The average Bonchev–Trinajstić information content (AvgIpc) is 2.39. The van der Waals surface area contributed by atoms with Gasteiger partial charge in [0.05, 0.1) is 17.2 Å². The first-order valence-electron chi connectivity index (χ1n) is 7.62. The van der Waals surface area contributed by atoms with Gasteiger partial charge in [-0.15, -0.1) is 0 Å². The molecule has 0 aromatic heterocycles. The molecule has 2 atom stereocenters. The molecule has 0 aliphatic carbocycles. The zero-order valence-electron chi connectivity index (χ0n) is 13.3. The van der Waals surface area contributed by atoms with E-state index in [1.807, 2.05) is 6.92 Å². The predicted molar refractivity (Wildman–Crippen MR) is 85.8 cm³/mol. The Morgan fingerprint density at radius 3 is 2.59 bits per heavy atom. The number of hydrogen-bond donors (Lipinski definition) is 1. The van der Waals surface area contributed by atoms with Gasteiger partial charge >= 0.3 is 0 Å². The summed E-state index contributed by atoms with van der Waals surface area (Å²) in [5.41, 5.74) is 1.32. The minimum atomic E-state index is -0.455. The molecule has 1 aliphatic heterocycles. The lowest BCUT2D eigenvalue weighted by atomic mass is 9.92. The molecular weight excluding hydrogens is 282 g/mol. The number of piperidine rings is 1. The second-order valence-corrected chi connectivity index (χ2v) is 6.44. The van der Waals surface area contributed by atoms with Gasteiger partial charge in [-0.25, -0.2) is 0 Å². The van der Waals surface area contributed by atoms with Gasteiger partial charge in [0, 0.05) is 25.2 Å². The Kier molecular flexibility index (Phi) is 5.13. The molecule has 22 heavy (non-hydrogen) atoms. The van der Waals surface area contributed by atoms with E-state index in [1.165, 1.54) is 18.6 Å². The fourth-order valence-corrected chi connectivity index (χ4v) is 3.17. The molecule has 1 aliphatic rings. The topological polar surface area (TPSA) is 75.5 Å². The highest BCUT2D eigenvalue weighted by Gasteiger charge is 2.23. The number of hydrogen-bond acceptors (Lipinski definition) is 4. The van der Waals surface area contributed by atoms with Gasteiger partial charge in [-0.05, 0) is 30.7 Å². The molecule has 2 rings (SSSR count). The van der Waals surface area contributed by atoms with Gasteiger partial charge in [0.15, 0.2) is 0 Å². The molecule has 1 aromatic rings. The number of benzene rings is 1. The van der Waals surface area contributed by atoms with Gasteiger partial charge in [0.25, 0.3) is 5.69 Å². The van der Waals surface area contributed by atoms with E-state index in [-0.39, 0.29) is 11.6 Å². The third-order valence-electron chi connectivity index (χ3n) is 4.02. The molecule has 0 saturated carbocycles. The molecule has 1 heterocycles. The fraction of sp³-hybridized carbons (Fsp3) is 0.562. The number of carbonyl (C=O) groups excluding carboxylic acids is 1. The summed E-state index contributed by atoms with van der Waals surface area (Å²) >= 11 is 0. The van der Waals surface area contributed by atoms with Crippen LogP contribution in [0, 0.1) is 28.9 Å². The second-order valence-electron chi connectivity index (χ2n) is 6.44. The third-order valence-corrected chi connectivity index (χ3v) is 4.02. The highest BCUT2D eigenvalue weighted by Crippen LogP contribution is 2.23. The lowest BCUT2D eigenvalue weighted by Gasteiger charge is -2.34. The van der Waals surface area contributed by atoms with Crippen molar-refractivity contribution in [1.29, 1.82) is 0 Å². The number of nitrogens with one attached hydrogen (secondary N) is 1. The van der Waals surface area contributed by atoms with Crippen molar-refractivity contribution in [2.45, 2.75) is 27.2 Å². The first kappa shape index (κ1) is 16.4. The number of carbonyl (C=O) groups is 1. The molecule has 1 amide bonds. The summed E-state index contributed by atoms with van der Waals surface area (Å²) in [5.74, 6) is 1.07. The molecule has 0 unspecified atom stereocenters. The van der Waals surface area contributed by atoms with E-state index in [9.17, 15) is 14.9 Å². The summed E-state index contributed by atoms with van der Waals surface area (Å²) in [6, 6.07) is 4.51. The summed E-state index contributed by atoms with van der Waals surface area (Å²) in [6.07, 6.45) is 1.20. The number of nitrogens with zero attached hydrogens (tertiary/aromatic N) is 2. The van der Waals surface area contributed by atoms with Crippen LogP contribution in [0.3, 0.4) is 0 Å². The molecule has 0 bridgehead atoms. The Labute approximate surface area is 130 Å². The average molecular weight is 305 g/mol. The van der Waals surface area contributed by atoms with Gasteiger partial charge in [-0.1, -0.05) is 19.9 Å². The van der Waals surface area contributed by atoms with E-state index in [4.69, 9.17) is 0 Å². The van der Waals surface area contributed by atoms with Crippen molar-refractivity contribution in [3.05, 3.63) is 33.9 Å². The molecular formula is C16H23N3O3. The Hall–Kier alpha value is -1.95. The van der Waals surface area contributed by atoms with Crippen LogP contribution in [0.25, 0.3) is 0 Å². The fourth-order valence-electron chi connectivity index (χ4n) is 3.17. The van der Waals surface area contributed by atoms with E-state index in [1.54, 1.807) is 6.07 Å². The van der Waals surface area contributed by atoms with Crippen molar-refractivity contribution < 1.29 is 9.72 Å². The molecule has 6 heteroatoms. The maximum Gasteiger partial charge on any atom is 0.271 e. The van der Waals surface area contributed by atoms with Crippen LogP contribution in [0.5, 0.6) is 0 Å². The van der Waals surface area contributed by atoms with Crippen LogP contribution in [0.4, 0.5) is 11.4 Å². The minimum Gasteiger partial charge on any atom is -0.324 e. The van der Waals surface area contributed by atoms with E-state index in [2.05, 4.69) is 24.1 Å². The molecule has 120 valence electrons. The number of amides is 1. The summed E-state index contributed by atoms with van der Waals surface area (Å²) in [4.78, 5) is 24.7. The number of rotatable bonds is 4. The molecule has 1 aromatic carbocycles. The minimum absolute atomic E-state index is 0.0129. The van der Waals surface area contributed by atoms with Crippen LogP contribution in [0.1, 0.15) is 25.8 Å². The van der Waals surface area contributed by atoms with E-state index in [0.29, 0.717) is 24.1 Å². The maximum absolute atomic E-state index is 12.2. The lowest BCUT2D eigenvalue weighted by molar-refractivity contribution is -0.384. The number of nitro groups is 1. The second kappa shape index (κ2) is 6.87. The van der Waals surface area contributed by atoms with Crippen molar-refractivity contribution in [2.75, 3.05) is 25.0 Å². The molecule has 1 fully saturated rings. The quantitative estimate of drug-likeness (QED) is 0.685. The van der Waals surface area contributed by atoms with Crippen LogP contribution < -0.4 is 5.32 Å². The highest BCUT2D eigenvalue weighted by molar-refractivity contribution is 5.93. The van der Waals surface area contributed by atoms with Crippen LogP contribution in [0.2, 0.25) is 0 Å². The van der Waals surface area contributed by atoms with Crippen molar-refractivity contribution in [1.82, 2.24) is 4.90 Å². The van der Waals surface area contributed by atoms with Crippen LogP contribution in [-0.4, -0.2) is 35.4 Å². The van der Waals surface area contributed by atoms with Gasteiger partial charge in [0.2, 0.25) is 5.91 Å². The Balaban J connectivity index is 2.00. The van der Waals surface area contributed by atoms with E-state index >= 15 is 0 Å². The SMILES string of the molecule is Cc1ccc([N+](=O)[O-])cc1NC(=O)CN1C[C@H](C)C[C@@H](C)C1. The van der Waals surface area contributed by atoms with Crippen LogP contribution in [-0.2, 0) is 4.79 Å². The van der Waals surface area contributed by atoms with E-state index in [0.717, 1.165) is 18.7 Å². The Bertz CT molecular complexity index is 564. The van der Waals surface area contributed by atoms with Gasteiger partial charge in [-0.2, -0.15) is 0 Å². The lowest BCUT2D eigenvalue weighted by Crippen LogP contribution is -2.42. The molecule has 0 radical (unpaired) electrons. The number of non-ortho nitro benzene ring substituents is 1. The van der Waals surface area contributed by atoms with Crippen molar-refractivity contribution in [3.63, 3.8) is 0 Å². The normalized spacial score (nSPS) is 22.3. The molecule has 1 saturated heterocycles. The Morgan fingerprint density at radius 1 is 1.36 bits per heavy atom. The van der Waals surface area contributed by atoms with Crippen molar-refractivity contribution >= 4 is 17.3 Å². The predicted octanol–water partition coefficient (Wildman–Crippen LogP) is 2.82. The number of likely N-dealkylation sites (tertiary alicyclic amines) is 1.